The molecule has 0 aliphatic rings. The highest BCUT2D eigenvalue weighted by Crippen LogP contribution is 2.15. The van der Waals surface area contributed by atoms with E-state index in [0.29, 0.717) is 6.54 Å². The van der Waals surface area contributed by atoms with Crippen LogP contribution in [0, 0.1) is 19.3 Å². The minimum atomic E-state index is 0.499. The number of nitrogens with zero attached hydrogens (tertiary/aromatic N) is 3. The summed E-state index contributed by atoms with van der Waals surface area (Å²) in [6.07, 6.45) is 7.01. The summed E-state index contributed by atoms with van der Waals surface area (Å²) < 4.78 is 1.80. The smallest absolute Gasteiger partial charge is 0.111 e. The fourth-order valence-electron chi connectivity index (χ4n) is 1.40. The van der Waals surface area contributed by atoms with Gasteiger partial charge in [0.15, 0.2) is 0 Å². The Bertz CT molecular complexity index is 491. The van der Waals surface area contributed by atoms with E-state index in [4.69, 9.17) is 6.42 Å². The molecule has 0 N–H and O–H groups in total. The average molecular weight is 197 g/mol. The van der Waals surface area contributed by atoms with Gasteiger partial charge in [0.1, 0.15) is 12.2 Å². The summed E-state index contributed by atoms with van der Waals surface area (Å²) in [7, 11) is 0. The van der Waals surface area contributed by atoms with Gasteiger partial charge in [-0.05, 0) is 25.1 Å². The van der Waals surface area contributed by atoms with Crippen molar-refractivity contribution in [1.82, 2.24) is 14.8 Å². The Morgan fingerprint density at radius 3 is 2.93 bits per heavy atom. The van der Waals surface area contributed by atoms with Crippen LogP contribution in [-0.2, 0) is 6.54 Å². The van der Waals surface area contributed by atoms with Crippen molar-refractivity contribution in [2.45, 2.75) is 13.5 Å². The molecule has 0 radical (unpaired) electrons. The van der Waals surface area contributed by atoms with Gasteiger partial charge in [-0.15, -0.1) is 6.42 Å². The first-order chi connectivity index (χ1) is 7.31. The molecule has 0 aliphatic heterocycles. The second kappa shape index (κ2) is 3.97. The fourth-order valence-corrected chi connectivity index (χ4v) is 1.40. The van der Waals surface area contributed by atoms with Crippen molar-refractivity contribution in [3.05, 3.63) is 36.2 Å². The molecular weight excluding hydrogens is 186 g/mol. The zero-order chi connectivity index (χ0) is 10.7. The topological polar surface area (TPSA) is 30.7 Å². The molecule has 3 nitrogen and oxygen atoms in total. The Hall–Kier alpha value is -2.08. The van der Waals surface area contributed by atoms with Crippen LogP contribution in [-0.4, -0.2) is 14.8 Å². The summed E-state index contributed by atoms with van der Waals surface area (Å²) >= 11 is 0. The predicted octanol–water partition coefficient (Wildman–Crippen LogP) is 1.89. The third-order valence-corrected chi connectivity index (χ3v) is 2.15. The number of aryl methyl sites for hydroxylation is 1. The van der Waals surface area contributed by atoms with Crippen molar-refractivity contribution in [2.24, 2.45) is 0 Å². The molecular formula is C12H11N3. The van der Waals surface area contributed by atoms with Gasteiger partial charge in [0, 0.05) is 11.9 Å². The van der Waals surface area contributed by atoms with Gasteiger partial charge in [0.25, 0.3) is 0 Å². The van der Waals surface area contributed by atoms with Crippen LogP contribution in [0.5, 0.6) is 0 Å². The highest BCUT2D eigenvalue weighted by Gasteiger charge is 2.05. The highest BCUT2D eigenvalue weighted by atomic mass is 15.3. The summed E-state index contributed by atoms with van der Waals surface area (Å²) in [6.45, 7) is 2.48. The molecule has 2 heterocycles. The zero-order valence-corrected chi connectivity index (χ0v) is 8.51. The molecule has 2 aromatic heterocycles. The number of pyridine rings is 1. The van der Waals surface area contributed by atoms with Crippen LogP contribution in [0.1, 0.15) is 5.69 Å². The first-order valence-corrected chi connectivity index (χ1v) is 4.70. The molecule has 0 aliphatic carbocycles. The van der Waals surface area contributed by atoms with Gasteiger partial charge in [0.05, 0.1) is 5.69 Å². The van der Waals surface area contributed by atoms with Crippen LogP contribution in [0.25, 0.3) is 11.4 Å². The van der Waals surface area contributed by atoms with E-state index in [1.165, 1.54) is 0 Å². The summed E-state index contributed by atoms with van der Waals surface area (Å²) in [5.74, 6) is 2.57. The van der Waals surface area contributed by atoms with Crippen LogP contribution in [0.3, 0.4) is 0 Å². The predicted molar refractivity (Wildman–Crippen MR) is 59.0 cm³/mol. The molecule has 15 heavy (non-hydrogen) atoms. The lowest BCUT2D eigenvalue weighted by atomic mass is 10.2. The van der Waals surface area contributed by atoms with E-state index in [2.05, 4.69) is 16.0 Å². The van der Waals surface area contributed by atoms with Crippen LogP contribution < -0.4 is 0 Å². The first kappa shape index (κ1) is 9.47. The number of rotatable bonds is 2. The van der Waals surface area contributed by atoms with E-state index in [9.17, 15) is 0 Å². The average Bonchev–Trinajstić information content (AvgIpc) is 2.63. The molecule has 2 aromatic rings. The Morgan fingerprint density at radius 2 is 2.27 bits per heavy atom. The second-order valence-corrected chi connectivity index (χ2v) is 3.25. The van der Waals surface area contributed by atoms with Crippen molar-refractivity contribution >= 4 is 0 Å². The third-order valence-electron chi connectivity index (χ3n) is 2.15. The molecule has 0 spiro atoms. The van der Waals surface area contributed by atoms with E-state index in [0.717, 1.165) is 17.1 Å². The van der Waals surface area contributed by atoms with Gasteiger partial charge in [-0.3, -0.25) is 9.67 Å². The van der Waals surface area contributed by atoms with Crippen molar-refractivity contribution in [1.29, 1.82) is 0 Å². The molecule has 2 rings (SSSR count). The lowest BCUT2D eigenvalue weighted by Crippen LogP contribution is -1.99. The highest BCUT2D eigenvalue weighted by molar-refractivity contribution is 5.53. The first-order valence-electron chi connectivity index (χ1n) is 4.70. The number of hydrogen-bond acceptors (Lipinski definition) is 2. The van der Waals surface area contributed by atoms with Gasteiger partial charge in [-0.2, -0.15) is 5.10 Å². The van der Waals surface area contributed by atoms with Crippen LogP contribution in [0.15, 0.2) is 30.5 Å². The summed E-state index contributed by atoms with van der Waals surface area (Å²) in [4.78, 5) is 4.24. The van der Waals surface area contributed by atoms with E-state index in [1.807, 2.05) is 31.2 Å². The van der Waals surface area contributed by atoms with Crippen molar-refractivity contribution in [3.63, 3.8) is 0 Å². The maximum atomic E-state index is 5.25. The number of terminal acetylenes is 1. The van der Waals surface area contributed by atoms with Gasteiger partial charge in [0.2, 0.25) is 0 Å². The standard InChI is InChI=1S/C12H11N3/c1-3-8-15-10(2)9-12(14-15)11-6-4-5-7-13-11/h1,4-7,9H,8H2,2H3. The molecule has 0 saturated heterocycles. The maximum Gasteiger partial charge on any atom is 0.111 e. The zero-order valence-electron chi connectivity index (χ0n) is 8.51. The molecule has 74 valence electrons. The minimum Gasteiger partial charge on any atom is -0.257 e. The summed E-state index contributed by atoms with van der Waals surface area (Å²) in [6, 6.07) is 7.74. The van der Waals surface area contributed by atoms with Crippen LogP contribution >= 0.6 is 0 Å². The largest absolute Gasteiger partial charge is 0.257 e. The third kappa shape index (κ3) is 1.89. The quantitative estimate of drug-likeness (QED) is 0.688. The van der Waals surface area contributed by atoms with Crippen molar-refractivity contribution < 1.29 is 0 Å². The molecule has 0 amide bonds. The molecule has 0 bridgehead atoms. The normalized spacial score (nSPS) is 9.87. The fraction of sp³-hybridized carbons (Fsp3) is 0.167. The molecule has 0 unspecified atom stereocenters. The Labute approximate surface area is 88.8 Å². The van der Waals surface area contributed by atoms with Gasteiger partial charge < -0.3 is 0 Å². The Balaban J connectivity index is 2.40. The number of hydrogen-bond donors (Lipinski definition) is 0. The van der Waals surface area contributed by atoms with Gasteiger partial charge >= 0.3 is 0 Å². The Kier molecular flexibility index (Phi) is 2.51. The Morgan fingerprint density at radius 1 is 1.40 bits per heavy atom. The van der Waals surface area contributed by atoms with Crippen LogP contribution in [0.2, 0.25) is 0 Å². The maximum absolute atomic E-state index is 5.25. The SMILES string of the molecule is C#CCn1nc(-c2ccccn2)cc1C. The van der Waals surface area contributed by atoms with E-state index in [1.54, 1.807) is 10.9 Å². The van der Waals surface area contributed by atoms with Crippen molar-refractivity contribution in [2.75, 3.05) is 0 Å². The van der Waals surface area contributed by atoms with Gasteiger partial charge in [-0.1, -0.05) is 12.0 Å². The minimum absolute atomic E-state index is 0.499. The van der Waals surface area contributed by atoms with E-state index in [-0.39, 0.29) is 0 Å². The molecule has 0 aromatic carbocycles. The summed E-state index contributed by atoms with van der Waals surface area (Å²) in [5.41, 5.74) is 2.79. The monoisotopic (exact) mass is 197 g/mol. The van der Waals surface area contributed by atoms with E-state index < -0.39 is 0 Å². The molecule has 0 atom stereocenters. The van der Waals surface area contributed by atoms with Crippen LogP contribution in [0.4, 0.5) is 0 Å². The van der Waals surface area contributed by atoms with E-state index >= 15 is 0 Å². The second-order valence-electron chi connectivity index (χ2n) is 3.25. The van der Waals surface area contributed by atoms with Crippen molar-refractivity contribution in [3.8, 4) is 23.7 Å². The lowest BCUT2D eigenvalue weighted by Gasteiger charge is -1.96. The lowest BCUT2D eigenvalue weighted by molar-refractivity contribution is 0.693. The number of aromatic nitrogens is 3. The molecule has 0 fully saturated rings. The van der Waals surface area contributed by atoms with Gasteiger partial charge in [-0.25, -0.2) is 0 Å². The molecule has 3 heteroatoms. The summed E-state index contributed by atoms with van der Waals surface area (Å²) in [5, 5.41) is 4.38. The molecule has 0 saturated carbocycles.